The Morgan fingerprint density at radius 3 is 2.83 bits per heavy atom. The minimum Gasteiger partial charge on any atom is -0.471 e. The summed E-state index contributed by atoms with van der Waals surface area (Å²) >= 11 is 0. The zero-order chi connectivity index (χ0) is 7.52. The van der Waals surface area contributed by atoms with Crippen LogP contribution in [0.25, 0.3) is 0 Å². The Bertz CT molecular complexity index is 227. The van der Waals surface area contributed by atoms with Crippen LogP contribution in [0.15, 0.2) is 18.3 Å². The van der Waals surface area contributed by atoms with Gasteiger partial charge in [0.15, 0.2) is 0 Å². The van der Waals surface area contributed by atoms with E-state index >= 15 is 0 Å². The van der Waals surface area contributed by atoms with Gasteiger partial charge < -0.3 is 10.1 Å². The van der Waals surface area contributed by atoms with Crippen LogP contribution in [0.3, 0.4) is 0 Å². The third kappa shape index (κ3) is 2.06. The second-order valence-electron chi connectivity index (χ2n) is 2.46. The van der Waals surface area contributed by atoms with Crippen molar-refractivity contribution in [2.24, 2.45) is 0 Å². The van der Waals surface area contributed by atoms with E-state index in [0.717, 1.165) is 13.1 Å². The Morgan fingerprint density at radius 1 is 1.50 bits per heavy atom. The molecule has 0 spiro atoms. The van der Waals surface area contributed by atoms with Crippen LogP contribution in [0.4, 0.5) is 0 Å². The Kier molecular flexibility index (Phi) is 3.25. The fourth-order valence-corrected chi connectivity index (χ4v) is 0.867. The van der Waals surface area contributed by atoms with Gasteiger partial charge in [0.25, 0.3) is 0 Å². The zero-order valence-electron chi connectivity index (χ0n) is 6.43. The summed E-state index contributed by atoms with van der Waals surface area (Å²) in [6, 6.07) is 3.62. The lowest BCUT2D eigenvalue weighted by Gasteiger charge is -2.26. The third-order valence-electron chi connectivity index (χ3n) is 1.58. The van der Waals surface area contributed by atoms with Crippen molar-refractivity contribution >= 4 is 12.4 Å². The predicted molar refractivity (Wildman–Crippen MR) is 46.6 cm³/mol. The molecule has 1 aliphatic heterocycles. The van der Waals surface area contributed by atoms with Crippen LogP contribution in [0.1, 0.15) is 0 Å². The molecule has 1 N–H and O–H groups in total. The molecule has 0 amide bonds. The van der Waals surface area contributed by atoms with Gasteiger partial charge in [0.1, 0.15) is 6.10 Å². The molecule has 2 rings (SSSR count). The molecular weight excluding hydrogens is 178 g/mol. The van der Waals surface area contributed by atoms with Gasteiger partial charge in [-0.1, -0.05) is 0 Å². The number of ether oxygens (including phenoxy) is 1. The van der Waals surface area contributed by atoms with E-state index in [2.05, 4.69) is 15.5 Å². The van der Waals surface area contributed by atoms with E-state index in [4.69, 9.17) is 4.74 Å². The van der Waals surface area contributed by atoms with Crippen LogP contribution in [0.5, 0.6) is 5.88 Å². The highest BCUT2D eigenvalue weighted by molar-refractivity contribution is 5.85. The average Bonchev–Trinajstić information content (AvgIpc) is 1.99. The fraction of sp³-hybridized carbons (Fsp3) is 0.429. The molecule has 1 fully saturated rings. The van der Waals surface area contributed by atoms with Crippen molar-refractivity contribution in [2.45, 2.75) is 6.10 Å². The molecular formula is C7H10ClN3O. The Hall–Kier alpha value is -0.870. The van der Waals surface area contributed by atoms with Crippen LogP contribution in [-0.2, 0) is 0 Å². The molecule has 0 bridgehead atoms. The minimum absolute atomic E-state index is 0. The number of hydrogen-bond donors (Lipinski definition) is 1. The van der Waals surface area contributed by atoms with Gasteiger partial charge in [0, 0.05) is 25.4 Å². The summed E-state index contributed by atoms with van der Waals surface area (Å²) in [6.07, 6.45) is 1.91. The van der Waals surface area contributed by atoms with E-state index in [9.17, 15) is 0 Å². The highest BCUT2D eigenvalue weighted by atomic mass is 35.5. The van der Waals surface area contributed by atoms with E-state index < -0.39 is 0 Å². The average molecular weight is 188 g/mol. The molecule has 4 nitrogen and oxygen atoms in total. The van der Waals surface area contributed by atoms with Gasteiger partial charge in [0.05, 0.1) is 0 Å². The topological polar surface area (TPSA) is 47.0 Å². The first-order valence-electron chi connectivity index (χ1n) is 3.60. The van der Waals surface area contributed by atoms with Crippen molar-refractivity contribution in [1.29, 1.82) is 0 Å². The Labute approximate surface area is 76.7 Å². The summed E-state index contributed by atoms with van der Waals surface area (Å²) in [5.74, 6) is 0.610. The van der Waals surface area contributed by atoms with E-state index in [-0.39, 0.29) is 18.5 Å². The highest BCUT2D eigenvalue weighted by Crippen LogP contribution is 2.06. The second kappa shape index (κ2) is 4.23. The van der Waals surface area contributed by atoms with E-state index in [0.29, 0.717) is 5.88 Å². The lowest BCUT2D eigenvalue weighted by atomic mass is 10.2. The molecule has 0 radical (unpaired) electrons. The lowest BCUT2D eigenvalue weighted by Crippen LogP contribution is -2.50. The normalized spacial score (nSPS) is 16.0. The first-order chi connectivity index (χ1) is 5.45. The maximum atomic E-state index is 5.41. The van der Waals surface area contributed by atoms with Crippen molar-refractivity contribution in [3.63, 3.8) is 0 Å². The maximum absolute atomic E-state index is 5.41. The summed E-state index contributed by atoms with van der Waals surface area (Å²) in [5.41, 5.74) is 0. The highest BCUT2D eigenvalue weighted by Gasteiger charge is 2.18. The van der Waals surface area contributed by atoms with E-state index in [1.807, 2.05) is 12.1 Å². The molecule has 1 saturated heterocycles. The molecule has 0 aromatic carbocycles. The quantitative estimate of drug-likeness (QED) is 0.721. The molecule has 0 saturated carbocycles. The molecule has 2 heterocycles. The van der Waals surface area contributed by atoms with Gasteiger partial charge in [-0.05, 0) is 6.07 Å². The van der Waals surface area contributed by atoms with Crippen molar-refractivity contribution in [1.82, 2.24) is 15.5 Å². The zero-order valence-corrected chi connectivity index (χ0v) is 7.25. The van der Waals surface area contributed by atoms with Crippen LogP contribution >= 0.6 is 12.4 Å². The van der Waals surface area contributed by atoms with Crippen LogP contribution < -0.4 is 10.1 Å². The SMILES string of the molecule is Cl.c1cnnc(OC2CNC2)c1. The number of nitrogens with zero attached hydrogens (tertiary/aromatic N) is 2. The Balaban J connectivity index is 0.000000720. The molecule has 1 aromatic rings. The second-order valence-corrected chi connectivity index (χ2v) is 2.46. The first kappa shape index (κ1) is 9.22. The number of nitrogens with one attached hydrogen (secondary N) is 1. The molecule has 66 valence electrons. The number of halogens is 1. The molecule has 1 aliphatic rings. The fourth-order valence-electron chi connectivity index (χ4n) is 0.867. The van der Waals surface area contributed by atoms with Gasteiger partial charge >= 0.3 is 0 Å². The first-order valence-corrected chi connectivity index (χ1v) is 3.60. The number of hydrogen-bond acceptors (Lipinski definition) is 4. The van der Waals surface area contributed by atoms with Gasteiger partial charge in [-0.2, -0.15) is 5.10 Å². The molecule has 0 aliphatic carbocycles. The summed E-state index contributed by atoms with van der Waals surface area (Å²) in [7, 11) is 0. The molecule has 0 atom stereocenters. The number of rotatable bonds is 2. The van der Waals surface area contributed by atoms with Gasteiger partial charge in [-0.25, -0.2) is 0 Å². The Morgan fingerprint density at radius 2 is 2.33 bits per heavy atom. The van der Waals surface area contributed by atoms with Gasteiger partial charge in [-0.3, -0.25) is 0 Å². The number of aromatic nitrogens is 2. The van der Waals surface area contributed by atoms with Crippen molar-refractivity contribution < 1.29 is 4.74 Å². The summed E-state index contributed by atoms with van der Waals surface area (Å²) in [6.45, 7) is 1.83. The predicted octanol–water partition coefficient (Wildman–Crippen LogP) is 0.249. The van der Waals surface area contributed by atoms with Crippen molar-refractivity contribution in [3.05, 3.63) is 18.3 Å². The lowest BCUT2D eigenvalue weighted by molar-refractivity contribution is 0.134. The maximum Gasteiger partial charge on any atom is 0.233 e. The van der Waals surface area contributed by atoms with Gasteiger partial charge in [0.2, 0.25) is 5.88 Å². The van der Waals surface area contributed by atoms with E-state index in [1.165, 1.54) is 0 Å². The summed E-state index contributed by atoms with van der Waals surface area (Å²) in [5, 5.41) is 10.6. The van der Waals surface area contributed by atoms with E-state index in [1.54, 1.807) is 6.20 Å². The standard InChI is InChI=1S/C7H9N3O.ClH/c1-2-7(10-9-3-1)11-6-4-8-5-6;/h1-3,6,8H,4-5H2;1H. The van der Waals surface area contributed by atoms with Crippen LogP contribution in [-0.4, -0.2) is 29.4 Å². The molecule has 5 heteroatoms. The molecule has 1 aromatic heterocycles. The van der Waals surface area contributed by atoms with Crippen LogP contribution in [0, 0.1) is 0 Å². The van der Waals surface area contributed by atoms with Crippen LogP contribution in [0.2, 0.25) is 0 Å². The summed E-state index contributed by atoms with van der Waals surface area (Å²) < 4.78 is 5.41. The smallest absolute Gasteiger partial charge is 0.233 e. The summed E-state index contributed by atoms with van der Waals surface area (Å²) in [4.78, 5) is 0. The molecule has 12 heavy (non-hydrogen) atoms. The van der Waals surface area contributed by atoms with Gasteiger partial charge in [-0.15, -0.1) is 17.5 Å². The minimum atomic E-state index is 0. The largest absolute Gasteiger partial charge is 0.471 e. The monoisotopic (exact) mass is 187 g/mol. The van der Waals surface area contributed by atoms with Crippen molar-refractivity contribution in [3.8, 4) is 5.88 Å². The molecule has 0 unspecified atom stereocenters. The van der Waals surface area contributed by atoms with Crippen molar-refractivity contribution in [2.75, 3.05) is 13.1 Å². The third-order valence-corrected chi connectivity index (χ3v) is 1.58.